The van der Waals surface area contributed by atoms with Gasteiger partial charge in [-0.2, -0.15) is 0 Å². The van der Waals surface area contributed by atoms with Crippen molar-refractivity contribution in [2.75, 3.05) is 6.54 Å². The second-order valence-corrected chi connectivity index (χ2v) is 11.9. The molecule has 1 aromatic heterocycles. The smallest absolute Gasteiger partial charge is 0.243 e. The molecule has 0 aliphatic rings. The lowest BCUT2D eigenvalue weighted by molar-refractivity contribution is -0.134. The lowest BCUT2D eigenvalue weighted by Gasteiger charge is -2.25. The number of hydrogen-bond acceptors (Lipinski definition) is 9. The zero-order chi connectivity index (χ0) is 35.0. The standard InChI is InChI=1S/C29H50N11O6/c1-15(2)10-20(30)26(44)38-21(8-7-9-34-29(31)32)27(45)36-17(5)24(42)39-22(11-19-12-33-14-35-19)28(46)37-18(6)25(43)40-23(13-41)16(3)4/h12,14-18,20-23H,7-11,30H2,1-6H3,(H,33,35)(H,36,45)(H,37,46)(H,38,44)(H,39,42)(H,40,43)(H4,31,32,34)/t17-,18-,20-,21-,22-,23+/m0/s1. The monoisotopic (exact) mass is 648 g/mol. The molecule has 0 aromatic carbocycles. The topological polar surface area (TPSA) is 279 Å². The van der Waals surface area contributed by atoms with Crippen LogP contribution in [0.3, 0.4) is 0 Å². The van der Waals surface area contributed by atoms with E-state index in [4.69, 9.17) is 16.9 Å². The molecule has 0 spiro atoms. The van der Waals surface area contributed by atoms with Crippen LogP contribution in [0.1, 0.15) is 66.5 Å². The maximum absolute atomic E-state index is 13.2. The predicted molar refractivity (Wildman–Crippen MR) is 170 cm³/mol. The van der Waals surface area contributed by atoms with Crippen molar-refractivity contribution >= 4 is 41.8 Å². The van der Waals surface area contributed by atoms with Gasteiger partial charge in [-0.25, -0.2) is 4.98 Å². The van der Waals surface area contributed by atoms with Crippen molar-refractivity contribution in [2.24, 2.45) is 23.3 Å². The van der Waals surface area contributed by atoms with Gasteiger partial charge in [-0.1, -0.05) is 27.7 Å². The predicted octanol–water partition coefficient (Wildman–Crippen LogP) is -2.18. The number of nitrogens with one attached hydrogen (secondary N) is 8. The van der Waals surface area contributed by atoms with Crippen molar-refractivity contribution in [3.63, 3.8) is 0 Å². The van der Waals surface area contributed by atoms with Gasteiger partial charge < -0.3 is 48.4 Å². The number of amides is 5. The van der Waals surface area contributed by atoms with Gasteiger partial charge in [-0.05, 0) is 44.9 Å². The Balaban J connectivity index is 2.99. The van der Waals surface area contributed by atoms with Gasteiger partial charge >= 0.3 is 0 Å². The first-order valence-corrected chi connectivity index (χ1v) is 15.3. The summed E-state index contributed by atoms with van der Waals surface area (Å²) < 4.78 is 0. The van der Waals surface area contributed by atoms with Crippen LogP contribution in [0, 0.1) is 17.2 Å². The third kappa shape index (κ3) is 14.5. The first-order chi connectivity index (χ1) is 21.5. The molecule has 1 heterocycles. The molecule has 1 aromatic rings. The first kappa shape index (κ1) is 39.5. The summed E-state index contributed by atoms with van der Waals surface area (Å²) in [5.74, 6) is -3.50. The largest absolute Gasteiger partial charge is 0.370 e. The van der Waals surface area contributed by atoms with Gasteiger partial charge in [0.05, 0.1) is 24.1 Å². The van der Waals surface area contributed by atoms with E-state index < -0.39 is 65.8 Å². The zero-order valence-electron chi connectivity index (χ0n) is 27.4. The minimum absolute atomic E-state index is 0.0393. The summed E-state index contributed by atoms with van der Waals surface area (Å²) in [6.45, 7) is 10.4. The van der Waals surface area contributed by atoms with E-state index in [0.717, 1.165) is 0 Å². The first-order valence-electron chi connectivity index (χ1n) is 15.3. The van der Waals surface area contributed by atoms with E-state index in [-0.39, 0.29) is 37.2 Å². The molecule has 5 amide bonds. The minimum Gasteiger partial charge on any atom is -0.370 e. The molecule has 0 fully saturated rings. The van der Waals surface area contributed by atoms with Crippen LogP contribution in [-0.4, -0.2) is 94.5 Å². The van der Waals surface area contributed by atoms with Crippen LogP contribution in [-0.2, 0) is 35.2 Å². The Morgan fingerprint density at radius 2 is 1.43 bits per heavy atom. The molecule has 0 aliphatic carbocycles. The van der Waals surface area contributed by atoms with E-state index >= 15 is 0 Å². The highest BCUT2D eigenvalue weighted by Crippen LogP contribution is 2.06. The normalized spacial score (nSPS) is 15.0. The van der Waals surface area contributed by atoms with Crippen molar-refractivity contribution in [1.82, 2.24) is 41.9 Å². The molecule has 0 aliphatic heterocycles. The molecule has 257 valence electrons. The molecule has 6 atom stereocenters. The molecule has 0 unspecified atom stereocenters. The number of nitrogens with zero attached hydrogens (tertiary/aromatic N) is 1. The van der Waals surface area contributed by atoms with Crippen LogP contribution in [0.25, 0.3) is 0 Å². The van der Waals surface area contributed by atoms with Crippen LogP contribution in [0.5, 0.6) is 0 Å². The summed E-state index contributed by atoms with van der Waals surface area (Å²) in [7, 11) is 0. The Bertz CT molecular complexity index is 1170. The fraction of sp³-hybridized carbons (Fsp3) is 0.655. The Morgan fingerprint density at radius 1 is 0.870 bits per heavy atom. The van der Waals surface area contributed by atoms with E-state index in [1.54, 1.807) is 26.3 Å². The van der Waals surface area contributed by atoms with Crippen molar-refractivity contribution in [2.45, 2.75) is 103 Å². The average molecular weight is 649 g/mol. The second kappa shape index (κ2) is 19.8. The van der Waals surface area contributed by atoms with Crippen molar-refractivity contribution in [1.29, 1.82) is 5.41 Å². The third-order valence-electron chi connectivity index (χ3n) is 6.88. The fourth-order valence-corrected chi connectivity index (χ4v) is 4.18. The molecular formula is C29H50N11O6. The molecular weight excluding hydrogens is 598 g/mol. The van der Waals surface area contributed by atoms with Crippen LogP contribution >= 0.6 is 0 Å². The number of rotatable bonds is 20. The number of guanidine groups is 1. The SMILES string of the molecule is CC(C)C[C@H](N)C(=O)N[C@@H](CCCNC(=N)N)C(=O)N[C@@H](C)C(=O)N[C@@H](Cc1c[nH]cn1)C(=O)N[C@@H](C)C(=O)N[C@H]([C]=O)C(C)C. The van der Waals surface area contributed by atoms with Gasteiger partial charge in [-0.15, -0.1) is 0 Å². The zero-order valence-corrected chi connectivity index (χ0v) is 27.4. The summed E-state index contributed by atoms with van der Waals surface area (Å²) in [5, 5.41) is 22.8. The van der Waals surface area contributed by atoms with Crippen molar-refractivity contribution in [3.8, 4) is 0 Å². The maximum atomic E-state index is 13.2. The number of carbonyl (C=O) groups is 5. The molecule has 17 nitrogen and oxygen atoms in total. The molecule has 0 bridgehead atoms. The molecule has 1 radical (unpaired) electrons. The molecule has 46 heavy (non-hydrogen) atoms. The van der Waals surface area contributed by atoms with Gasteiger partial charge in [0, 0.05) is 19.2 Å². The number of hydrogen-bond donors (Lipinski definition) is 10. The van der Waals surface area contributed by atoms with Gasteiger partial charge in [0.25, 0.3) is 0 Å². The van der Waals surface area contributed by atoms with Crippen LogP contribution in [0.2, 0.25) is 0 Å². The quantitative estimate of drug-likeness (QED) is 0.0414. The number of carbonyl (C=O) groups excluding carboxylic acids is 6. The van der Waals surface area contributed by atoms with E-state index in [0.29, 0.717) is 18.5 Å². The minimum atomic E-state index is -1.19. The maximum Gasteiger partial charge on any atom is 0.243 e. The molecule has 0 saturated carbocycles. The lowest BCUT2D eigenvalue weighted by atomic mass is 10.0. The summed E-state index contributed by atoms with van der Waals surface area (Å²) in [6.07, 6.45) is 5.58. The van der Waals surface area contributed by atoms with Crippen molar-refractivity contribution in [3.05, 3.63) is 18.2 Å². The Labute approximate surface area is 269 Å². The number of nitrogens with two attached hydrogens (primary N) is 2. The Hall–Kier alpha value is -4.54. The molecule has 0 saturated heterocycles. The highest BCUT2D eigenvalue weighted by Gasteiger charge is 2.30. The molecule has 17 heteroatoms. The Kier molecular flexibility index (Phi) is 17.0. The van der Waals surface area contributed by atoms with Crippen molar-refractivity contribution < 1.29 is 28.8 Å². The summed E-state index contributed by atoms with van der Waals surface area (Å²) in [4.78, 5) is 83.0. The summed E-state index contributed by atoms with van der Waals surface area (Å²) in [6, 6.07) is -6.13. The molecule has 1 rings (SSSR count). The fourth-order valence-electron chi connectivity index (χ4n) is 4.18. The number of aromatic nitrogens is 2. The second-order valence-electron chi connectivity index (χ2n) is 11.9. The summed E-state index contributed by atoms with van der Waals surface area (Å²) in [5.41, 5.74) is 11.8. The van der Waals surface area contributed by atoms with E-state index in [1.807, 2.05) is 13.8 Å². The van der Waals surface area contributed by atoms with Crippen LogP contribution < -0.4 is 43.4 Å². The van der Waals surface area contributed by atoms with E-state index in [1.165, 1.54) is 20.2 Å². The highest BCUT2D eigenvalue weighted by molar-refractivity contribution is 5.96. The van der Waals surface area contributed by atoms with Gasteiger partial charge in [-0.3, -0.25) is 34.2 Å². The van der Waals surface area contributed by atoms with Gasteiger partial charge in [0.2, 0.25) is 35.8 Å². The third-order valence-corrected chi connectivity index (χ3v) is 6.88. The van der Waals surface area contributed by atoms with E-state index in [9.17, 15) is 28.8 Å². The lowest BCUT2D eigenvalue weighted by Crippen LogP contribution is -2.58. The molecule has 12 N–H and O–H groups in total. The number of imidazole rings is 1. The van der Waals surface area contributed by atoms with Crippen LogP contribution in [0.15, 0.2) is 12.5 Å². The highest BCUT2D eigenvalue weighted by atomic mass is 16.2. The summed E-state index contributed by atoms with van der Waals surface area (Å²) >= 11 is 0. The van der Waals surface area contributed by atoms with Gasteiger partial charge in [0.15, 0.2) is 5.96 Å². The number of H-pyrrole nitrogens is 1. The average Bonchev–Trinajstić information content (AvgIpc) is 3.49. The Morgan fingerprint density at radius 3 is 1.93 bits per heavy atom. The van der Waals surface area contributed by atoms with Gasteiger partial charge in [0.1, 0.15) is 24.2 Å². The van der Waals surface area contributed by atoms with E-state index in [2.05, 4.69) is 41.9 Å². The number of aromatic amines is 1. The van der Waals surface area contributed by atoms with Crippen LogP contribution in [0.4, 0.5) is 0 Å².